The molecule has 1 aliphatic rings. The number of ether oxygens (including phenoxy) is 3. The van der Waals surface area contributed by atoms with E-state index < -0.39 is 17.8 Å². The highest BCUT2D eigenvalue weighted by Gasteiger charge is 2.36. The summed E-state index contributed by atoms with van der Waals surface area (Å²) in [6.45, 7) is 9.96. The summed E-state index contributed by atoms with van der Waals surface area (Å²) in [6.07, 6.45) is 5.23. The molecule has 1 heterocycles. The lowest BCUT2D eigenvalue weighted by Crippen LogP contribution is -2.54. The van der Waals surface area contributed by atoms with Gasteiger partial charge in [0.25, 0.3) is 11.8 Å². The van der Waals surface area contributed by atoms with E-state index in [9.17, 15) is 14.4 Å². The van der Waals surface area contributed by atoms with E-state index in [1.54, 1.807) is 48.6 Å². The second kappa shape index (κ2) is 11.0. The van der Waals surface area contributed by atoms with Gasteiger partial charge in [-0.15, -0.1) is 6.58 Å². The van der Waals surface area contributed by atoms with Gasteiger partial charge in [0.05, 0.1) is 19.4 Å². The van der Waals surface area contributed by atoms with Gasteiger partial charge in [0.15, 0.2) is 11.5 Å². The molecule has 1 aliphatic heterocycles. The Labute approximate surface area is 198 Å². The number of methoxy groups -OCH3 is 1. The van der Waals surface area contributed by atoms with Crippen LogP contribution in [0.1, 0.15) is 18.1 Å². The Morgan fingerprint density at radius 3 is 2.38 bits per heavy atom. The number of amides is 4. The van der Waals surface area contributed by atoms with Gasteiger partial charge in [-0.2, -0.15) is 0 Å². The van der Waals surface area contributed by atoms with E-state index in [2.05, 4.69) is 18.5 Å². The molecule has 4 amide bonds. The highest BCUT2D eigenvalue weighted by Crippen LogP contribution is 2.35. The molecule has 1 N–H and O–H groups in total. The third kappa shape index (κ3) is 5.17. The molecule has 0 aliphatic carbocycles. The van der Waals surface area contributed by atoms with Crippen LogP contribution in [0.15, 0.2) is 67.3 Å². The number of carbonyl (C=O) groups excluding carboxylic acids is 3. The summed E-state index contributed by atoms with van der Waals surface area (Å²) in [7, 11) is 1.51. The summed E-state index contributed by atoms with van der Waals surface area (Å²) in [4.78, 5) is 39.1. The minimum Gasteiger partial charge on any atom is -0.497 e. The van der Waals surface area contributed by atoms with E-state index in [1.807, 2.05) is 6.92 Å². The minimum atomic E-state index is -0.826. The molecule has 8 nitrogen and oxygen atoms in total. The van der Waals surface area contributed by atoms with Gasteiger partial charge in [-0.1, -0.05) is 18.7 Å². The van der Waals surface area contributed by atoms with Crippen LogP contribution < -0.4 is 24.4 Å². The first-order valence-corrected chi connectivity index (χ1v) is 10.6. The van der Waals surface area contributed by atoms with Crippen molar-refractivity contribution in [1.29, 1.82) is 0 Å². The Morgan fingerprint density at radius 2 is 1.76 bits per heavy atom. The normalized spacial score (nSPS) is 14.6. The molecule has 176 valence electrons. The topological polar surface area (TPSA) is 94.2 Å². The van der Waals surface area contributed by atoms with Crippen molar-refractivity contribution in [2.75, 3.05) is 25.2 Å². The number of rotatable bonds is 10. The average Bonchev–Trinajstić information content (AvgIpc) is 2.82. The molecule has 0 bridgehead atoms. The van der Waals surface area contributed by atoms with Gasteiger partial charge in [-0.3, -0.25) is 14.9 Å². The Hall–Kier alpha value is -4.33. The molecule has 0 saturated carbocycles. The van der Waals surface area contributed by atoms with E-state index in [0.29, 0.717) is 41.5 Å². The second-order valence-electron chi connectivity index (χ2n) is 7.19. The smallest absolute Gasteiger partial charge is 0.335 e. The lowest BCUT2D eigenvalue weighted by Gasteiger charge is -2.26. The maximum atomic E-state index is 13.2. The zero-order valence-electron chi connectivity index (χ0n) is 19.1. The van der Waals surface area contributed by atoms with Crippen molar-refractivity contribution >= 4 is 29.6 Å². The summed E-state index contributed by atoms with van der Waals surface area (Å²) in [6, 6.07) is 8.99. The molecule has 8 heteroatoms. The number of allylic oxidation sites excluding steroid dienone is 1. The van der Waals surface area contributed by atoms with Gasteiger partial charge in [0.1, 0.15) is 17.9 Å². The SMILES string of the molecule is C=CCOc1c(CC=C)cc(/C=C2\C(=O)NC(=O)N(c3ccc(OC)cc3)C2=O)cc1OCC. The zero-order valence-corrected chi connectivity index (χ0v) is 19.1. The number of benzene rings is 2. The molecule has 3 rings (SSSR count). The summed E-state index contributed by atoms with van der Waals surface area (Å²) >= 11 is 0. The molecular weight excluding hydrogens is 436 g/mol. The van der Waals surface area contributed by atoms with Gasteiger partial charge < -0.3 is 14.2 Å². The number of hydrogen-bond acceptors (Lipinski definition) is 6. The number of urea groups is 1. The molecule has 2 aromatic rings. The number of nitrogens with one attached hydrogen (secondary N) is 1. The number of hydrogen-bond donors (Lipinski definition) is 1. The van der Waals surface area contributed by atoms with Crippen LogP contribution in [0, 0.1) is 0 Å². The predicted octanol–water partition coefficient (Wildman–Crippen LogP) is 4.05. The Balaban J connectivity index is 2.05. The fourth-order valence-electron chi connectivity index (χ4n) is 3.43. The van der Waals surface area contributed by atoms with E-state index in [1.165, 1.54) is 13.2 Å². The summed E-state index contributed by atoms with van der Waals surface area (Å²) < 4.78 is 16.7. The second-order valence-corrected chi connectivity index (χ2v) is 7.19. The fourth-order valence-corrected chi connectivity index (χ4v) is 3.43. The van der Waals surface area contributed by atoms with Crippen LogP contribution >= 0.6 is 0 Å². The Kier molecular flexibility index (Phi) is 7.87. The molecule has 0 atom stereocenters. The number of imide groups is 2. The third-order valence-electron chi connectivity index (χ3n) is 4.91. The molecule has 1 fully saturated rings. The number of nitrogens with zero attached hydrogens (tertiary/aromatic N) is 1. The van der Waals surface area contributed by atoms with Gasteiger partial charge in [0.2, 0.25) is 0 Å². The minimum absolute atomic E-state index is 0.192. The highest BCUT2D eigenvalue weighted by molar-refractivity contribution is 6.39. The van der Waals surface area contributed by atoms with Crippen LogP contribution in [-0.4, -0.2) is 38.2 Å². The fraction of sp³-hybridized carbons (Fsp3) is 0.192. The number of anilines is 1. The van der Waals surface area contributed by atoms with Crippen molar-refractivity contribution in [2.45, 2.75) is 13.3 Å². The molecular formula is C26H26N2O6. The lowest BCUT2D eigenvalue weighted by molar-refractivity contribution is -0.122. The first-order chi connectivity index (χ1) is 16.4. The van der Waals surface area contributed by atoms with Crippen molar-refractivity contribution in [1.82, 2.24) is 5.32 Å². The average molecular weight is 463 g/mol. The van der Waals surface area contributed by atoms with E-state index in [0.717, 1.165) is 10.5 Å². The molecule has 1 saturated heterocycles. The van der Waals surface area contributed by atoms with Gasteiger partial charge in [-0.25, -0.2) is 9.69 Å². The third-order valence-corrected chi connectivity index (χ3v) is 4.91. The van der Waals surface area contributed by atoms with E-state index >= 15 is 0 Å². The molecule has 2 aromatic carbocycles. The van der Waals surface area contributed by atoms with Crippen LogP contribution in [0.4, 0.5) is 10.5 Å². The Bertz CT molecular complexity index is 1150. The molecule has 0 spiro atoms. The summed E-state index contributed by atoms with van der Waals surface area (Å²) in [5.74, 6) is 0.0436. The number of carbonyl (C=O) groups is 3. The van der Waals surface area contributed by atoms with Crippen LogP contribution in [0.3, 0.4) is 0 Å². The molecule has 0 unspecified atom stereocenters. The standard InChI is InChI=1S/C26H26N2O6/c1-5-8-18-14-17(16-22(33-7-3)23(18)34-13-6-2)15-21-24(29)27-26(31)28(25(21)30)19-9-11-20(32-4)12-10-19/h5-6,9-12,14-16H,1-2,7-8,13H2,3-4H3,(H,27,29,31)/b21-15+. The monoisotopic (exact) mass is 462 g/mol. The predicted molar refractivity (Wildman–Crippen MR) is 129 cm³/mol. The van der Waals surface area contributed by atoms with Crippen LogP contribution in [0.2, 0.25) is 0 Å². The van der Waals surface area contributed by atoms with Gasteiger partial charge in [-0.05, 0) is 61.4 Å². The van der Waals surface area contributed by atoms with Crippen molar-refractivity contribution in [2.24, 2.45) is 0 Å². The Morgan fingerprint density at radius 1 is 1.03 bits per heavy atom. The number of barbiturate groups is 1. The maximum Gasteiger partial charge on any atom is 0.335 e. The van der Waals surface area contributed by atoms with E-state index in [-0.39, 0.29) is 12.2 Å². The first kappa shape index (κ1) is 24.3. The van der Waals surface area contributed by atoms with Gasteiger partial charge in [0, 0.05) is 5.56 Å². The zero-order chi connectivity index (χ0) is 24.7. The van der Waals surface area contributed by atoms with Crippen molar-refractivity contribution in [3.8, 4) is 17.2 Å². The van der Waals surface area contributed by atoms with E-state index in [4.69, 9.17) is 14.2 Å². The summed E-state index contributed by atoms with van der Waals surface area (Å²) in [5.41, 5.74) is 1.41. The van der Waals surface area contributed by atoms with Crippen LogP contribution in [-0.2, 0) is 16.0 Å². The highest BCUT2D eigenvalue weighted by atomic mass is 16.5. The van der Waals surface area contributed by atoms with Crippen molar-refractivity contribution in [3.05, 3.63) is 78.4 Å². The van der Waals surface area contributed by atoms with Gasteiger partial charge >= 0.3 is 6.03 Å². The quantitative estimate of drug-likeness (QED) is 0.325. The maximum absolute atomic E-state index is 13.2. The molecule has 0 aromatic heterocycles. The van der Waals surface area contributed by atoms with Crippen LogP contribution in [0.25, 0.3) is 6.08 Å². The molecule has 34 heavy (non-hydrogen) atoms. The lowest BCUT2D eigenvalue weighted by atomic mass is 10.0. The summed E-state index contributed by atoms with van der Waals surface area (Å²) in [5, 5.41) is 2.22. The van der Waals surface area contributed by atoms with Crippen molar-refractivity contribution < 1.29 is 28.6 Å². The largest absolute Gasteiger partial charge is 0.497 e. The van der Waals surface area contributed by atoms with Crippen molar-refractivity contribution in [3.63, 3.8) is 0 Å². The molecule has 0 radical (unpaired) electrons. The van der Waals surface area contributed by atoms with Crippen LogP contribution in [0.5, 0.6) is 17.2 Å². The first-order valence-electron chi connectivity index (χ1n) is 10.6.